The van der Waals surface area contributed by atoms with E-state index in [0.717, 1.165) is 24.4 Å². The van der Waals surface area contributed by atoms with Crippen molar-refractivity contribution in [2.24, 2.45) is 0 Å². The van der Waals surface area contributed by atoms with Gasteiger partial charge in [0.15, 0.2) is 17.3 Å². The number of aliphatic hydroxyl groups excluding tert-OH is 1. The number of thiazole rings is 1. The summed E-state index contributed by atoms with van der Waals surface area (Å²) < 4.78 is 11.8. The minimum Gasteiger partial charge on any atom is -0.503 e. The number of hydrogen-bond acceptors (Lipinski definition) is 8. The minimum atomic E-state index is -0.738. The summed E-state index contributed by atoms with van der Waals surface area (Å²) in [5.41, 5.74) is 1.36. The Balaban J connectivity index is 2.06. The summed E-state index contributed by atoms with van der Waals surface area (Å²) in [5.74, 6) is -0.239. The molecule has 2 aromatic rings. The number of amides is 1. The summed E-state index contributed by atoms with van der Waals surface area (Å²) in [6.07, 6.45) is 2.63. The highest BCUT2D eigenvalue weighted by atomic mass is 32.1. The Morgan fingerprint density at radius 1 is 1.17 bits per heavy atom. The SMILES string of the molecule is CCCCOc1ccc(C2C(C(=O)c3sc(C)nc3C)=C(O)C(=O)N2CCCN(C)C)cc1OCC. The molecule has 1 unspecified atom stereocenters. The summed E-state index contributed by atoms with van der Waals surface area (Å²) >= 11 is 1.27. The van der Waals surface area contributed by atoms with Gasteiger partial charge >= 0.3 is 0 Å². The number of ether oxygens (including phenoxy) is 2. The second kappa shape index (κ2) is 12.4. The van der Waals surface area contributed by atoms with E-state index in [2.05, 4.69) is 11.9 Å². The molecule has 8 nitrogen and oxygen atoms in total. The van der Waals surface area contributed by atoms with Crippen LogP contribution in [0, 0.1) is 13.8 Å². The van der Waals surface area contributed by atoms with Crippen molar-refractivity contribution >= 4 is 23.0 Å². The highest BCUT2D eigenvalue weighted by molar-refractivity contribution is 7.14. The lowest BCUT2D eigenvalue weighted by Crippen LogP contribution is -2.33. The summed E-state index contributed by atoms with van der Waals surface area (Å²) in [4.78, 5) is 35.4. The average Bonchev–Trinajstić information content (AvgIpc) is 3.30. The van der Waals surface area contributed by atoms with Gasteiger partial charge in [0.25, 0.3) is 5.91 Å². The Hall–Kier alpha value is -2.91. The van der Waals surface area contributed by atoms with E-state index in [9.17, 15) is 14.7 Å². The number of carbonyl (C=O) groups excluding carboxylic acids is 2. The molecule has 0 bridgehead atoms. The van der Waals surface area contributed by atoms with E-state index in [1.54, 1.807) is 11.8 Å². The molecule has 0 radical (unpaired) electrons. The lowest BCUT2D eigenvalue weighted by molar-refractivity contribution is -0.129. The molecule has 36 heavy (non-hydrogen) atoms. The Morgan fingerprint density at radius 2 is 1.92 bits per heavy atom. The third kappa shape index (κ3) is 6.07. The third-order valence-corrected chi connectivity index (χ3v) is 7.07. The number of benzene rings is 1. The van der Waals surface area contributed by atoms with Crippen LogP contribution in [0.1, 0.15) is 65.1 Å². The lowest BCUT2D eigenvalue weighted by Gasteiger charge is -2.28. The molecular formula is C27H37N3O5S. The van der Waals surface area contributed by atoms with Crippen molar-refractivity contribution in [3.05, 3.63) is 50.7 Å². The zero-order valence-corrected chi connectivity index (χ0v) is 22.9. The molecule has 196 valence electrons. The van der Waals surface area contributed by atoms with E-state index in [4.69, 9.17) is 9.47 Å². The Kier molecular flexibility index (Phi) is 9.50. The zero-order chi connectivity index (χ0) is 26.4. The van der Waals surface area contributed by atoms with Crippen LogP contribution in [0.4, 0.5) is 0 Å². The molecule has 2 heterocycles. The fraction of sp³-hybridized carbons (Fsp3) is 0.519. The van der Waals surface area contributed by atoms with E-state index in [-0.39, 0.29) is 11.4 Å². The molecule has 0 saturated carbocycles. The van der Waals surface area contributed by atoms with Gasteiger partial charge in [-0.15, -0.1) is 11.3 Å². The Labute approximate surface area is 217 Å². The van der Waals surface area contributed by atoms with Crippen LogP contribution in [0.2, 0.25) is 0 Å². The third-order valence-electron chi connectivity index (χ3n) is 6.00. The van der Waals surface area contributed by atoms with Gasteiger partial charge in [-0.2, -0.15) is 0 Å². The van der Waals surface area contributed by atoms with E-state index in [1.807, 2.05) is 51.0 Å². The van der Waals surface area contributed by atoms with Crippen molar-refractivity contribution in [2.45, 2.75) is 53.0 Å². The van der Waals surface area contributed by atoms with E-state index >= 15 is 0 Å². The predicted octanol–water partition coefficient (Wildman–Crippen LogP) is 4.87. The van der Waals surface area contributed by atoms with Crippen LogP contribution in [0.15, 0.2) is 29.5 Å². The molecule has 1 atom stereocenters. The molecule has 1 aromatic heterocycles. The van der Waals surface area contributed by atoms with Crippen LogP contribution in [0.5, 0.6) is 11.5 Å². The van der Waals surface area contributed by atoms with Crippen LogP contribution in [0.3, 0.4) is 0 Å². The largest absolute Gasteiger partial charge is 0.503 e. The van der Waals surface area contributed by atoms with E-state index < -0.39 is 17.7 Å². The van der Waals surface area contributed by atoms with Crippen molar-refractivity contribution in [3.63, 3.8) is 0 Å². The quantitative estimate of drug-likeness (QED) is 0.301. The maximum Gasteiger partial charge on any atom is 0.290 e. The van der Waals surface area contributed by atoms with Gasteiger partial charge in [-0.1, -0.05) is 19.4 Å². The molecule has 9 heteroatoms. The van der Waals surface area contributed by atoms with Crippen LogP contribution >= 0.6 is 11.3 Å². The van der Waals surface area contributed by atoms with Crippen LogP contribution < -0.4 is 9.47 Å². The number of aryl methyl sites for hydroxylation is 2. The van der Waals surface area contributed by atoms with Gasteiger partial charge in [-0.3, -0.25) is 9.59 Å². The number of nitrogens with zero attached hydrogens (tertiary/aromatic N) is 3. The van der Waals surface area contributed by atoms with Gasteiger partial charge in [-0.25, -0.2) is 4.98 Å². The zero-order valence-electron chi connectivity index (χ0n) is 22.1. The maximum atomic E-state index is 13.7. The second-order valence-electron chi connectivity index (χ2n) is 9.14. The van der Waals surface area contributed by atoms with Gasteiger partial charge in [0.2, 0.25) is 5.78 Å². The first-order valence-electron chi connectivity index (χ1n) is 12.5. The first kappa shape index (κ1) is 27.7. The Morgan fingerprint density at radius 3 is 2.53 bits per heavy atom. The summed E-state index contributed by atoms with van der Waals surface area (Å²) in [7, 11) is 3.93. The normalized spacial score (nSPS) is 15.8. The van der Waals surface area contributed by atoms with Crippen molar-refractivity contribution in [1.82, 2.24) is 14.8 Å². The first-order valence-corrected chi connectivity index (χ1v) is 13.3. The average molecular weight is 516 g/mol. The maximum absolute atomic E-state index is 13.7. The molecule has 1 aliphatic heterocycles. The lowest BCUT2D eigenvalue weighted by atomic mass is 9.94. The van der Waals surface area contributed by atoms with Crippen LogP contribution in [0.25, 0.3) is 0 Å². The van der Waals surface area contributed by atoms with Crippen LogP contribution in [-0.4, -0.2) is 72.0 Å². The fourth-order valence-corrected chi connectivity index (χ4v) is 5.17. The highest BCUT2D eigenvalue weighted by Crippen LogP contribution is 2.42. The van der Waals surface area contributed by atoms with Crippen molar-refractivity contribution in [2.75, 3.05) is 40.4 Å². The topological polar surface area (TPSA) is 92.2 Å². The van der Waals surface area contributed by atoms with Gasteiger partial charge in [0, 0.05) is 6.54 Å². The number of hydrogen-bond donors (Lipinski definition) is 1. The minimum absolute atomic E-state index is 0.0821. The van der Waals surface area contributed by atoms with E-state index in [0.29, 0.717) is 53.8 Å². The molecule has 1 aromatic carbocycles. The second-order valence-corrected chi connectivity index (χ2v) is 10.3. The van der Waals surface area contributed by atoms with E-state index in [1.165, 1.54) is 11.3 Å². The smallest absolute Gasteiger partial charge is 0.290 e. The number of unbranched alkanes of at least 4 members (excludes halogenated alkanes) is 1. The molecule has 1 N–H and O–H groups in total. The molecule has 0 saturated heterocycles. The van der Waals surface area contributed by atoms with Gasteiger partial charge in [0.1, 0.15) is 0 Å². The Bertz CT molecular complexity index is 1120. The van der Waals surface area contributed by atoms with Gasteiger partial charge < -0.3 is 24.4 Å². The number of ketones is 1. The number of rotatable bonds is 13. The summed E-state index contributed by atoms with van der Waals surface area (Å²) in [6.45, 7) is 9.76. The fourth-order valence-electron chi connectivity index (χ4n) is 4.29. The monoisotopic (exact) mass is 515 g/mol. The number of aromatic nitrogens is 1. The standard InChI is InChI=1S/C27H37N3O5S/c1-7-9-15-35-20-12-11-19(16-21(20)34-8-2)23-22(24(31)26-17(3)28-18(4)36-26)25(32)27(33)30(23)14-10-13-29(5)6/h11-12,16,23,32H,7-10,13-15H2,1-6H3. The molecule has 1 amide bonds. The molecule has 0 fully saturated rings. The van der Waals surface area contributed by atoms with Gasteiger partial charge in [0.05, 0.1) is 40.4 Å². The number of Topliss-reactive ketones (excluding diaryl/α,β-unsaturated/α-hetero) is 1. The highest BCUT2D eigenvalue weighted by Gasteiger charge is 2.44. The molecule has 0 aliphatic carbocycles. The summed E-state index contributed by atoms with van der Waals surface area (Å²) in [6, 6.07) is 4.74. The first-order chi connectivity index (χ1) is 17.2. The molecule has 3 rings (SSSR count). The molecule has 1 aliphatic rings. The van der Waals surface area contributed by atoms with Gasteiger partial charge in [-0.05, 0) is 71.9 Å². The van der Waals surface area contributed by atoms with Crippen molar-refractivity contribution < 1.29 is 24.2 Å². The number of carbonyl (C=O) groups is 2. The van der Waals surface area contributed by atoms with Crippen LogP contribution in [-0.2, 0) is 4.79 Å². The predicted molar refractivity (Wildman–Crippen MR) is 141 cm³/mol. The van der Waals surface area contributed by atoms with Crippen molar-refractivity contribution in [3.8, 4) is 11.5 Å². The molecule has 0 spiro atoms. The van der Waals surface area contributed by atoms with Crippen molar-refractivity contribution in [1.29, 1.82) is 0 Å². The molecular weight excluding hydrogens is 478 g/mol. The summed E-state index contributed by atoms with van der Waals surface area (Å²) in [5, 5.41) is 11.7. The number of aliphatic hydroxyl groups is 1.